The minimum absolute atomic E-state index is 0.547. The van der Waals surface area contributed by atoms with Crippen LogP contribution in [0.15, 0.2) is 37.1 Å². The van der Waals surface area contributed by atoms with E-state index in [0.29, 0.717) is 5.94 Å². The first-order chi connectivity index (χ1) is 8.61. The molecule has 0 saturated heterocycles. The highest BCUT2D eigenvalue weighted by Gasteiger charge is 2.21. The summed E-state index contributed by atoms with van der Waals surface area (Å²) in [5, 5.41) is 3.54. The van der Waals surface area contributed by atoms with Crippen LogP contribution < -0.4 is 5.32 Å². The van der Waals surface area contributed by atoms with Crippen LogP contribution in [-0.4, -0.2) is 13.2 Å². The zero-order valence-electron chi connectivity index (χ0n) is 11.6. The first-order valence-electron chi connectivity index (χ1n) is 6.82. The summed E-state index contributed by atoms with van der Waals surface area (Å²) in [6.45, 7) is 12.4. The van der Waals surface area contributed by atoms with Gasteiger partial charge in [-0.2, -0.15) is 0 Å². The SMILES string of the molecule is C=C(CC)NC1BCc2c(cccc2C(=C)C)C1. The molecule has 0 saturated carbocycles. The molecule has 1 aromatic carbocycles. The fourth-order valence-corrected chi connectivity index (χ4v) is 2.72. The van der Waals surface area contributed by atoms with Crippen LogP contribution >= 0.6 is 0 Å². The van der Waals surface area contributed by atoms with Gasteiger partial charge in [-0.3, -0.25) is 0 Å². The number of hydrogen-bond donors (Lipinski definition) is 1. The molecule has 2 rings (SSSR count). The molecule has 0 amide bonds. The first kappa shape index (κ1) is 13.0. The molecule has 1 atom stereocenters. The summed E-state index contributed by atoms with van der Waals surface area (Å²) in [6.07, 6.45) is 3.26. The second kappa shape index (κ2) is 5.47. The zero-order chi connectivity index (χ0) is 13.1. The van der Waals surface area contributed by atoms with E-state index in [0.717, 1.165) is 24.9 Å². The molecule has 0 radical (unpaired) electrons. The largest absolute Gasteiger partial charge is 0.393 e. The molecule has 18 heavy (non-hydrogen) atoms. The molecule has 0 bridgehead atoms. The molecule has 1 N–H and O–H groups in total. The fourth-order valence-electron chi connectivity index (χ4n) is 2.72. The Hall–Kier alpha value is -1.44. The van der Waals surface area contributed by atoms with Gasteiger partial charge in [0.1, 0.15) is 0 Å². The van der Waals surface area contributed by atoms with Gasteiger partial charge < -0.3 is 5.32 Å². The van der Waals surface area contributed by atoms with E-state index in [9.17, 15) is 0 Å². The third-order valence-electron chi connectivity index (χ3n) is 3.78. The van der Waals surface area contributed by atoms with Crippen molar-refractivity contribution in [2.24, 2.45) is 0 Å². The van der Waals surface area contributed by atoms with Gasteiger partial charge in [-0.25, -0.2) is 0 Å². The van der Waals surface area contributed by atoms with Crippen LogP contribution in [0.3, 0.4) is 0 Å². The summed E-state index contributed by atoms with van der Waals surface area (Å²) < 4.78 is 0. The van der Waals surface area contributed by atoms with Gasteiger partial charge in [-0.05, 0) is 42.8 Å². The van der Waals surface area contributed by atoms with E-state index in [2.05, 4.69) is 50.5 Å². The van der Waals surface area contributed by atoms with Crippen LogP contribution in [0.1, 0.15) is 37.0 Å². The molecule has 1 unspecified atom stereocenters. The van der Waals surface area contributed by atoms with Crippen molar-refractivity contribution in [3.05, 3.63) is 53.7 Å². The number of hydrogen-bond acceptors (Lipinski definition) is 1. The number of nitrogens with one attached hydrogen (secondary N) is 1. The lowest BCUT2D eigenvalue weighted by Gasteiger charge is -2.28. The number of rotatable bonds is 4. The van der Waals surface area contributed by atoms with Gasteiger partial charge in [0.25, 0.3) is 0 Å². The Bertz CT molecular complexity index is 476. The average Bonchev–Trinajstić information content (AvgIpc) is 2.37. The van der Waals surface area contributed by atoms with Crippen molar-refractivity contribution in [2.45, 2.75) is 39.0 Å². The Kier molecular flexibility index (Phi) is 3.95. The molecular weight excluding hydrogens is 217 g/mol. The van der Waals surface area contributed by atoms with E-state index in [1.807, 2.05) is 0 Å². The fraction of sp³-hybridized carbons (Fsp3) is 0.375. The number of allylic oxidation sites excluding steroid dienone is 2. The average molecular weight is 239 g/mol. The van der Waals surface area contributed by atoms with E-state index < -0.39 is 0 Å². The Morgan fingerprint density at radius 2 is 2.22 bits per heavy atom. The van der Waals surface area contributed by atoms with Crippen molar-refractivity contribution < 1.29 is 0 Å². The summed E-state index contributed by atoms with van der Waals surface area (Å²) in [7, 11) is 1.19. The molecule has 0 spiro atoms. The molecule has 1 heterocycles. The first-order valence-corrected chi connectivity index (χ1v) is 6.82. The normalized spacial score (nSPS) is 17.6. The van der Waals surface area contributed by atoms with Gasteiger partial charge in [0.05, 0.1) is 0 Å². The van der Waals surface area contributed by atoms with Crippen LogP contribution in [-0.2, 0) is 12.7 Å². The number of fused-ring (bicyclic) bond motifs is 1. The molecule has 1 aliphatic heterocycles. The van der Waals surface area contributed by atoms with Crippen molar-refractivity contribution in [3.8, 4) is 0 Å². The molecule has 1 aliphatic rings. The van der Waals surface area contributed by atoms with Gasteiger partial charge in [0.2, 0.25) is 0 Å². The molecule has 2 heteroatoms. The summed E-state index contributed by atoms with van der Waals surface area (Å²) in [4.78, 5) is 0. The third-order valence-corrected chi connectivity index (χ3v) is 3.78. The molecular formula is C16H22BN. The standard InChI is InChI=1S/C16H22BN/c1-5-12(4)18-16-9-13-7-6-8-14(11(2)3)15(13)10-17-16/h6-8,16-18H,2,4-5,9-10H2,1,3H3. The quantitative estimate of drug-likeness (QED) is 0.796. The zero-order valence-corrected chi connectivity index (χ0v) is 11.6. The summed E-state index contributed by atoms with van der Waals surface area (Å²) in [6, 6.07) is 6.60. The van der Waals surface area contributed by atoms with Crippen LogP contribution in [0.4, 0.5) is 0 Å². The Morgan fingerprint density at radius 3 is 2.89 bits per heavy atom. The lowest BCUT2D eigenvalue weighted by molar-refractivity contribution is 0.682. The maximum atomic E-state index is 4.08. The van der Waals surface area contributed by atoms with E-state index in [1.54, 1.807) is 0 Å². The monoisotopic (exact) mass is 239 g/mol. The third kappa shape index (κ3) is 2.69. The predicted molar refractivity (Wildman–Crippen MR) is 82.1 cm³/mol. The van der Waals surface area contributed by atoms with Crippen molar-refractivity contribution >= 4 is 12.9 Å². The highest BCUT2D eigenvalue weighted by atomic mass is 14.9. The van der Waals surface area contributed by atoms with Gasteiger partial charge in [0, 0.05) is 11.6 Å². The van der Waals surface area contributed by atoms with Gasteiger partial charge in [-0.15, -0.1) is 0 Å². The van der Waals surface area contributed by atoms with E-state index >= 15 is 0 Å². The highest BCUT2D eigenvalue weighted by molar-refractivity contribution is 6.38. The highest BCUT2D eigenvalue weighted by Crippen LogP contribution is 2.25. The molecule has 94 valence electrons. The van der Waals surface area contributed by atoms with Crippen LogP contribution in [0, 0.1) is 0 Å². The van der Waals surface area contributed by atoms with Crippen LogP contribution in [0.25, 0.3) is 5.57 Å². The topological polar surface area (TPSA) is 12.0 Å². The Balaban J connectivity index is 2.18. The summed E-state index contributed by atoms with van der Waals surface area (Å²) >= 11 is 0. The van der Waals surface area contributed by atoms with Crippen molar-refractivity contribution in [2.75, 3.05) is 0 Å². The minimum atomic E-state index is 0.547. The van der Waals surface area contributed by atoms with Crippen molar-refractivity contribution in [1.29, 1.82) is 0 Å². The van der Waals surface area contributed by atoms with Crippen LogP contribution in [0.5, 0.6) is 0 Å². The Labute approximate surface area is 111 Å². The van der Waals surface area contributed by atoms with Crippen LogP contribution in [0.2, 0.25) is 0 Å². The smallest absolute Gasteiger partial charge is 0.153 e. The predicted octanol–water partition coefficient (Wildman–Crippen LogP) is 3.05. The van der Waals surface area contributed by atoms with E-state index in [1.165, 1.54) is 29.5 Å². The number of benzene rings is 1. The second-order valence-corrected chi connectivity index (χ2v) is 5.26. The van der Waals surface area contributed by atoms with Gasteiger partial charge in [-0.1, -0.05) is 43.9 Å². The molecule has 0 aliphatic carbocycles. The van der Waals surface area contributed by atoms with Gasteiger partial charge in [0.15, 0.2) is 7.28 Å². The van der Waals surface area contributed by atoms with Gasteiger partial charge >= 0.3 is 0 Å². The summed E-state index contributed by atoms with van der Waals surface area (Å²) in [5.74, 6) is 0.547. The molecule has 1 aromatic rings. The second-order valence-electron chi connectivity index (χ2n) is 5.26. The maximum absolute atomic E-state index is 4.08. The maximum Gasteiger partial charge on any atom is 0.153 e. The summed E-state index contributed by atoms with van der Waals surface area (Å²) in [5.41, 5.74) is 6.66. The lowest BCUT2D eigenvalue weighted by atomic mass is 9.57. The Morgan fingerprint density at radius 1 is 1.44 bits per heavy atom. The molecule has 1 nitrogen and oxygen atoms in total. The van der Waals surface area contributed by atoms with E-state index in [4.69, 9.17) is 0 Å². The van der Waals surface area contributed by atoms with Crippen molar-refractivity contribution in [1.82, 2.24) is 5.32 Å². The molecule has 0 aromatic heterocycles. The molecule has 0 fully saturated rings. The lowest BCUT2D eigenvalue weighted by Crippen LogP contribution is -2.40. The van der Waals surface area contributed by atoms with Crippen molar-refractivity contribution in [3.63, 3.8) is 0 Å². The minimum Gasteiger partial charge on any atom is -0.393 e. The van der Waals surface area contributed by atoms with E-state index in [-0.39, 0.29) is 0 Å².